The van der Waals surface area contributed by atoms with Gasteiger partial charge in [-0.2, -0.15) is 0 Å². The van der Waals surface area contributed by atoms with E-state index in [1.54, 1.807) is 19.2 Å². The molecule has 0 saturated carbocycles. The van der Waals surface area contributed by atoms with Crippen molar-refractivity contribution < 1.29 is 4.39 Å². The maximum atomic E-state index is 13.6. The van der Waals surface area contributed by atoms with Crippen LogP contribution in [0.1, 0.15) is 5.56 Å². The second kappa shape index (κ2) is 8.58. The van der Waals surface area contributed by atoms with Gasteiger partial charge in [-0.05, 0) is 42.3 Å². The number of guanidine groups is 1. The summed E-state index contributed by atoms with van der Waals surface area (Å²) < 4.78 is 16.6. The van der Waals surface area contributed by atoms with Gasteiger partial charge in [-0.1, -0.05) is 15.9 Å². The number of hydrogen-bond acceptors (Lipinski definition) is 1. The van der Waals surface area contributed by atoms with Gasteiger partial charge in [-0.15, -0.1) is 0 Å². The molecule has 1 heterocycles. The SMILES string of the molecule is CN=C(NCCc1cc(Br)ccc1F)NCCn1cccc1. The van der Waals surface area contributed by atoms with Crippen LogP contribution in [0.25, 0.3) is 0 Å². The number of aromatic nitrogens is 1. The van der Waals surface area contributed by atoms with Gasteiger partial charge in [-0.25, -0.2) is 4.39 Å². The lowest BCUT2D eigenvalue weighted by molar-refractivity contribution is 0.605. The number of rotatable bonds is 6. The molecule has 0 unspecified atom stereocenters. The fourth-order valence-electron chi connectivity index (χ4n) is 2.09. The van der Waals surface area contributed by atoms with Crippen LogP contribution in [-0.4, -0.2) is 30.7 Å². The number of hydrogen-bond donors (Lipinski definition) is 2. The van der Waals surface area contributed by atoms with Crippen LogP contribution < -0.4 is 10.6 Å². The molecule has 1 aromatic heterocycles. The standard InChI is InChI=1S/C16H20BrFN4/c1-19-16(21-8-11-22-9-2-3-10-22)20-7-6-13-12-14(17)4-5-15(13)18/h2-5,9-10,12H,6-8,11H2,1H3,(H2,19,20,21). The summed E-state index contributed by atoms with van der Waals surface area (Å²) in [5.41, 5.74) is 0.685. The second-order valence-corrected chi connectivity index (χ2v) is 5.75. The number of aliphatic imine (C=N–C) groups is 1. The number of nitrogens with zero attached hydrogens (tertiary/aromatic N) is 2. The highest BCUT2D eigenvalue weighted by molar-refractivity contribution is 9.10. The van der Waals surface area contributed by atoms with Gasteiger partial charge in [0, 0.05) is 43.5 Å². The first-order chi connectivity index (χ1) is 10.7. The largest absolute Gasteiger partial charge is 0.356 e. The van der Waals surface area contributed by atoms with Crippen LogP contribution in [0.15, 0.2) is 52.2 Å². The summed E-state index contributed by atoms with van der Waals surface area (Å²) in [6.07, 6.45) is 4.64. The summed E-state index contributed by atoms with van der Waals surface area (Å²) in [6, 6.07) is 8.98. The highest BCUT2D eigenvalue weighted by Gasteiger charge is 2.03. The molecule has 2 aromatic rings. The molecule has 0 aliphatic carbocycles. The summed E-state index contributed by atoms with van der Waals surface area (Å²) >= 11 is 3.36. The summed E-state index contributed by atoms with van der Waals surface area (Å²) in [6.45, 7) is 2.27. The first kappa shape index (κ1) is 16.5. The van der Waals surface area contributed by atoms with Crippen molar-refractivity contribution in [2.75, 3.05) is 20.1 Å². The molecular formula is C16H20BrFN4. The fourth-order valence-corrected chi connectivity index (χ4v) is 2.50. The Kier molecular flexibility index (Phi) is 6.45. The first-order valence-electron chi connectivity index (χ1n) is 7.18. The molecule has 0 radical (unpaired) electrons. The predicted molar refractivity (Wildman–Crippen MR) is 91.6 cm³/mol. The predicted octanol–water partition coefficient (Wildman–Crippen LogP) is 2.80. The summed E-state index contributed by atoms with van der Waals surface area (Å²) in [5.74, 6) is 0.545. The summed E-state index contributed by atoms with van der Waals surface area (Å²) in [7, 11) is 1.73. The molecule has 0 aliphatic heterocycles. The topological polar surface area (TPSA) is 41.4 Å². The molecule has 4 nitrogen and oxygen atoms in total. The highest BCUT2D eigenvalue weighted by Crippen LogP contribution is 2.15. The molecule has 0 saturated heterocycles. The van der Waals surface area contributed by atoms with E-state index in [9.17, 15) is 4.39 Å². The molecule has 118 valence electrons. The number of benzene rings is 1. The van der Waals surface area contributed by atoms with Crippen LogP contribution >= 0.6 is 15.9 Å². The van der Waals surface area contributed by atoms with E-state index in [1.165, 1.54) is 6.07 Å². The van der Waals surface area contributed by atoms with Gasteiger partial charge >= 0.3 is 0 Å². The first-order valence-corrected chi connectivity index (χ1v) is 7.97. The Morgan fingerprint density at radius 1 is 1.23 bits per heavy atom. The van der Waals surface area contributed by atoms with Crippen LogP contribution in [0.3, 0.4) is 0 Å². The van der Waals surface area contributed by atoms with Crippen molar-refractivity contribution in [1.82, 2.24) is 15.2 Å². The zero-order valence-corrected chi connectivity index (χ0v) is 14.1. The van der Waals surface area contributed by atoms with Crippen molar-refractivity contribution in [3.8, 4) is 0 Å². The fraction of sp³-hybridized carbons (Fsp3) is 0.312. The van der Waals surface area contributed by atoms with Gasteiger partial charge in [0.2, 0.25) is 0 Å². The molecule has 1 aromatic carbocycles. The van der Waals surface area contributed by atoms with E-state index < -0.39 is 0 Å². The third kappa shape index (κ3) is 5.18. The van der Waals surface area contributed by atoms with Crippen molar-refractivity contribution in [1.29, 1.82) is 0 Å². The minimum Gasteiger partial charge on any atom is -0.356 e. The van der Waals surface area contributed by atoms with E-state index in [-0.39, 0.29) is 5.82 Å². The molecule has 0 fully saturated rings. The van der Waals surface area contributed by atoms with Crippen LogP contribution in [0, 0.1) is 5.82 Å². The minimum absolute atomic E-state index is 0.180. The van der Waals surface area contributed by atoms with E-state index in [0.29, 0.717) is 18.5 Å². The van der Waals surface area contributed by atoms with Gasteiger partial charge in [0.1, 0.15) is 5.82 Å². The van der Waals surface area contributed by atoms with Crippen molar-refractivity contribution >= 4 is 21.9 Å². The molecule has 2 rings (SSSR count). The molecule has 6 heteroatoms. The van der Waals surface area contributed by atoms with Crippen molar-refractivity contribution in [3.05, 3.63) is 58.6 Å². The van der Waals surface area contributed by atoms with Crippen LogP contribution in [0.4, 0.5) is 4.39 Å². The average molecular weight is 367 g/mol. The van der Waals surface area contributed by atoms with Gasteiger partial charge in [0.25, 0.3) is 0 Å². The maximum absolute atomic E-state index is 13.6. The Labute approximate surface area is 138 Å². The average Bonchev–Trinajstić information content (AvgIpc) is 3.02. The smallest absolute Gasteiger partial charge is 0.191 e. The molecule has 2 N–H and O–H groups in total. The van der Waals surface area contributed by atoms with Crippen LogP contribution in [0.2, 0.25) is 0 Å². The van der Waals surface area contributed by atoms with Crippen molar-refractivity contribution in [2.45, 2.75) is 13.0 Å². The van der Waals surface area contributed by atoms with E-state index in [4.69, 9.17) is 0 Å². The van der Waals surface area contributed by atoms with Crippen molar-refractivity contribution in [3.63, 3.8) is 0 Å². The summed E-state index contributed by atoms with van der Waals surface area (Å²) in [5, 5.41) is 6.43. The number of nitrogens with one attached hydrogen (secondary N) is 2. The zero-order valence-electron chi connectivity index (χ0n) is 12.5. The van der Waals surface area contributed by atoms with Gasteiger partial charge in [-0.3, -0.25) is 4.99 Å². The monoisotopic (exact) mass is 366 g/mol. The second-order valence-electron chi connectivity index (χ2n) is 4.83. The third-order valence-corrected chi connectivity index (χ3v) is 3.74. The lowest BCUT2D eigenvalue weighted by Crippen LogP contribution is -2.39. The highest BCUT2D eigenvalue weighted by atomic mass is 79.9. The lowest BCUT2D eigenvalue weighted by Gasteiger charge is -2.12. The molecule has 0 spiro atoms. The van der Waals surface area contributed by atoms with E-state index in [2.05, 4.69) is 36.1 Å². The van der Waals surface area contributed by atoms with E-state index >= 15 is 0 Å². The van der Waals surface area contributed by atoms with Gasteiger partial charge in [0.15, 0.2) is 5.96 Å². The Bertz CT molecular complexity index is 611. The normalized spacial score (nSPS) is 11.5. The molecule has 22 heavy (non-hydrogen) atoms. The maximum Gasteiger partial charge on any atom is 0.191 e. The molecular weight excluding hydrogens is 347 g/mol. The molecule has 0 aliphatic rings. The van der Waals surface area contributed by atoms with E-state index in [0.717, 1.165) is 23.5 Å². The molecule has 0 bridgehead atoms. The van der Waals surface area contributed by atoms with E-state index in [1.807, 2.05) is 24.5 Å². The Morgan fingerprint density at radius 2 is 1.95 bits per heavy atom. The number of halogens is 2. The van der Waals surface area contributed by atoms with Crippen LogP contribution in [0.5, 0.6) is 0 Å². The van der Waals surface area contributed by atoms with Gasteiger partial charge in [0.05, 0.1) is 0 Å². The lowest BCUT2D eigenvalue weighted by atomic mass is 10.1. The summed E-state index contributed by atoms with van der Waals surface area (Å²) in [4.78, 5) is 4.16. The molecule has 0 atom stereocenters. The Morgan fingerprint density at radius 3 is 2.68 bits per heavy atom. The molecule has 0 amide bonds. The van der Waals surface area contributed by atoms with Gasteiger partial charge < -0.3 is 15.2 Å². The Balaban J connectivity index is 1.73. The van der Waals surface area contributed by atoms with Crippen LogP contribution in [-0.2, 0) is 13.0 Å². The minimum atomic E-state index is -0.180. The Hall–Kier alpha value is -1.82. The quantitative estimate of drug-likeness (QED) is 0.609. The zero-order chi connectivity index (χ0) is 15.8. The third-order valence-electron chi connectivity index (χ3n) is 3.25. The van der Waals surface area contributed by atoms with Crippen molar-refractivity contribution in [2.24, 2.45) is 4.99 Å².